The van der Waals surface area contributed by atoms with Crippen molar-refractivity contribution in [1.82, 2.24) is 15.2 Å². The molecule has 0 radical (unpaired) electrons. The van der Waals surface area contributed by atoms with Gasteiger partial charge in [0.05, 0.1) is 12.8 Å². The molecule has 0 bridgehead atoms. The van der Waals surface area contributed by atoms with Gasteiger partial charge in [-0.25, -0.2) is 9.78 Å². The Morgan fingerprint density at radius 1 is 1.18 bits per heavy atom. The highest BCUT2D eigenvalue weighted by atomic mass is 16.5. The predicted molar refractivity (Wildman–Crippen MR) is 113 cm³/mol. The Hall–Kier alpha value is -2.44. The van der Waals surface area contributed by atoms with Crippen LogP contribution in [0.15, 0.2) is 42.5 Å². The van der Waals surface area contributed by atoms with Crippen LogP contribution in [-0.4, -0.2) is 49.3 Å². The van der Waals surface area contributed by atoms with Crippen LogP contribution in [0.2, 0.25) is 0 Å². The lowest BCUT2D eigenvalue weighted by Crippen LogP contribution is -2.51. The number of hydrogen-bond acceptors (Lipinski definition) is 4. The van der Waals surface area contributed by atoms with Crippen molar-refractivity contribution < 1.29 is 9.53 Å². The first-order chi connectivity index (χ1) is 13.4. The summed E-state index contributed by atoms with van der Waals surface area (Å²) in [4.78, 5) is 20.6. The van der Waals surface area contributed by atoms with Gasteiger partial charge in [-0.3, -0.25) is 10.2 Å². The molecule has 0 saturated heterocycles. The molecule has 2 amide bonds. The normalized spacial score (nSPS) is 11.9. The van der Waals surface area contributed by atoms with E-state index in [9.17, 15) is 4.79 Å². The number of anilines is 1. The van der Waals surface area contributed by atoms with E-state index in [1.165, 1.54) is 5.56 Å². The second kappa shape index (κ2) is 10.8. The Balaban J connectivity index is 1.88. The first-order valence-electron chi connectivity index (χ1n) is 9.69. The number of hydrogen-bond donors (Lipinski definition) is 1. The van der Waals surface area contributed by atoms with Crippen molar-refractivity contribution >= 4 is 11.8 Å². The highest BCUT2D eigenvalue weighted by Gasteiger charge is 2.24. The van der Waals surface area contributed by atoms with Gasteiger partial charge in [0.25, 0.3) is 0 Å². The third-order valence-corrected chi connectivity index (χ3v) is 4.32. The number of pyridine rings is 1. The average Bonchev–Trinajstić information content (AvgIpc) is 2.64. The molecule has 0 aliphatic heterocycles. The van der Waals surface area contributed by atoms with E-state index in [0.717, 1.165) is 24.2 Å². The van der Waals surface area contributed by atoms with E-state index in [2.05, 4.69) is 22.4 Å². The number of amides is 2. The van der Waals surface area contributed by atoms with Crippen LogP contribution in [0.4, 0.5) is 10.6 Å². The molecule has 1 unspecified atom stereocenters. The maximum atomic E-state index is 12.7. The van der Waals surface area contributed by atoms with Gasteiger partial charge >= 0.3 is 6.03 Å². The molecular formula is C22H32N4O2. The summed E-state index contributed by atoms with van der Waals surface area (Å²) in [7, 11) is 3.50. The fourth-order valence-electron chi connectivity index (χ4n) is 2.96. The summed E-state index contributed by atoms with van der Waals surface area (Å²) in [5, 5.41) is 3.41. The third-order valence-electron chi connectivity index (χ3n) is 4.32. The van der Waals surface area contributed by atoms with Crippen molar-refractivity contribution in [3.63, 3.8) is 0 Å². The van der Waals surface area contributed by atoms with Gasteiger partial charge in [0.1, 0.15) is 5.82 Å². The lowest BCUT2D eigenvalue weighted by molar-refractivity contribution is 0.118. The maximum absolute atomic E-state index is 12.7. The van der Waals surface area contributed by atoms with Gasteiger partial charge in [-0.2, -0.15) is 0 Å². The largest absolute Gasteiger partial charge is 0.377 e. The minimum absolute atomic E-state index is 0.0992. The number of ether oxygens (including phenoxy) is 1. The Morgan fingerprint density at radius 2 is 1.89 bits per heavy atom. The molecule has 152 valence electrons. The lowest BCUT2D eigenvalue weighted by atomic mass is 10.2. The lowest BCUT2D eigenvalue weighted by Gasteiger charge is -2.31. The molecule has 0 aliphatic rings. The van der Waals surface area contributed by atoms with Gasteiger partial charge in [0, 0.05) is 26.4 Å². The first kappa shape index (κ1) is 21.9. The average molecular weight is 385 g/mol. The van der Waals surface area contributed by atoms with Crippen LogP contribution >= 0.6 is 0 Å². The van der Waals surface area contributed by atoms with E-state index in [0.29, 0.717) is 19.0 Å². The Labute approximate surface area is 168 Å². The molecule has 0 saturated carbocycles. The van der Waals surface area contributed by atoms with Crippen molar-refractivity contribution in [3.05, 3.63) is 59.3 Å². The number of aryl methyl sites for hydroxylation is 2. The number of nitrogens with one attached hydrogen (secondary N) is 1. The van der Waals surface area contributed by atoms with Gasteiger partial charge in [-0.05, 0) is 57.0 Å². The summed E-state index contributed by atoms with van der Waals surface area (Å²) in [5.41, 5.74) is 3.15. The molecule has 0 aliphatic carbocycles. The SMILES string of the molecule is Cc1cc(C)nc(N(C(=O)N(C)C)C(C)NCCCOCc2ccccc2)c1. The molecule has 28 heavy (non-hydrogen) atoms. The number of aromatic nitrogens is 1. The molecule has 1 aromatic carbocycles. The van der Waals surface area contributed by atoms with Crippen LogP contribution in [0, 0.1) is 13.8 Å². The van der Waals surface area contributed by atoms with Crippen LogP contribution in [0.1, 0.15) is 30.2 Å². The molecule has 0 fully saturated rings. The second-order valence-corrected chi connectivity index (χ2v) is 7.21. The fourth-order valence-corrected chi connectivity index (χ4v) is 2.96. The number of rotatable bonds is 9. The van der Waals surface area contributed by atoms with Gasteiger partial charge < -0.3 is 9.64 Å². The molecule has 1 atom stereocenters. The monoisotopic (exact) mass is 384 g/mol. The van der Waals surface area contributed by atoms with E-state index in [1.54, 1.807) is 23.9 Å². The minimum Gasteiger partial charge on any atom is -0.377 e. The summed E-state index contributed by atoms with van der Waals surface area (Å²) in [6.07, 6.45) is 0.680. The summed E-state index contributed by atoms with van der Waals surface area (Å²) in [5.74, 6) is 0.663. The molecule has 1 heterocycles. The summed E-state index contributed by atoms with van der Waals surface area (Å²) >= 11 is 0. The maximum Gasteiger partial charge on any atom is 0.326 e. The van der Waals surface area contributed by atoms with E-state index in [1.807, 2.05) is 51.1 Å². The van der Waals surface area contributed by atoms with Crippen LogP contribution in [0.3, 0.4) is 0 Å². The zero-order valence-electron chi connectivity index (χ0n) is 17.6. The van der Waals surface area contributed by atoms with Crippen molar-refractivity contribution in [2.24, 2.45) is 0 Å². The van der Waals surface area contributed by atoms with Crippen molar-refractivity contribution in [2.75, 3.05) is 32.1 Å². The molecule has 2 rings (SSSR count). The smallest absolute Gasteiger partial charge is 0.326 e. The quantitative estimate of drug-likeness (QED) is 0.529. The van der Waals surface area contributed by atoms with Crippen LogP contribution in [-0.2, 0) is 11.3 Å². The molecule has 6 nitrogen and oxygen atoms in total. The van der Waals surface area contributed by atoms with E-state index in [-0.39, 0.29) is 12.2 Å². The van der Waals surface area contributed by atoms with Crippen molar-refractivity contribution in [3.8, 4) is 0 Å². The standard InChI is InChI=1S/C22H32N4O2/c1-17-14-18(2)24-21(15-17)26(22(27)25(4)5)19(3)23-12-9-13-28-16-20-10-7-6-8-11-20/h6-8,10-11,14-15,19,23H,9,12-13,16H2,1-5H3. The van der Waals surface area contributed by atoms with Gasteiger partial charge in [0.2, 0.25) is 0 Å². The molecule has 1 aromatic heterocycles. The van der Waals surface area contributed by atoms with Crippen LogP contribution < -0.4 is 10.2 Å². The Morgan fingerprint density at radius 3 is 2.54 bits per heavy atom. The zero-order chi connectivity index (χ0) is 20.5. The van der Waals surface area contributed by atoms with Gasteiger partial charge in [-0.1, -0.05) is 30.3 Å². The molecule has 2 aromatic rings. The summed E-state index contributed by atoms with van der Waals surface area (Å²) < 4.78 is 5.72. The second-order valence-electron chi connectivity index (χ2n) is 7.21. The number of nitrogens with zero attached hydrogens (tertiary/aromatic N) is 3. The number of carbonyl (C=O) groups excluding carboxylic acids is 1. The number of carbonyl (C=O) groups is 1. The molecule has 1 N–H and O–H groups in total. The highest BCUT2D eigenvalue weighted by Crippen LogP contribution is 2.18. The Kier molecular flexibility index (Phi) is 8.42. The summed E-state index contributed by atoms with van der Waals surface area (Å²) in [6.45, 7) is 7.96. The third kappa shape index (κ3) is 6.62. The van der Waals surface area contributed by atoms with E-state index >= 15 is 0 Å². The van der Waals surface area contributed by atoms with E-state index in [4.69, 9.17) is 4.74 Å². The molecule has 6 heteroatoms. The zero-order valence-corrected chi connectivity index (χ0v) is 17.6. The highest BCUT2D eigenvalue weighted by molar-refractivity contribution is 5.91. The molecule has 0 spiro atoms. The predicted octanol–water partition coefficient (Wildman–Crippen LogP) is 3.73. The Bertz CT molecular complexity index is 729. The molecular weight excluding hydrogens is 352 g/mol. The van der Waals surface area contributed by atoms with Crippen molar-refractivity contribution in [1.29, 1.82) is 0 Å². The van der Waals surface area contributed by atoms with Gasteiger partial charge in [-0.15, -0.1) is 0 Å². The number of benzene rings is 1. The van der Waals surface area contributed by atoms with Crippen LogP contribution in [0.25, 0.3) is 0 Å². The fraction of sp³-hybridized carbons (Fsp3) is 0.455. The van der Waals surface area contributed by atoms with Crippen molar-refractivity contribution in [2.45, 2.75) is 40.0 Å². The number of urea groups is 1. The van der Waals surface area contributed by atoms with E-state index < -0.39 is 0 Å². The first-order valence-corrected chi connectivity index (χ1v) is 9.69. The topological polar surface area (TPSA) is 57.7 Å². The van der Waals surface area contributed by atoms with Gasteiger partial charge in [0.15, 0.2) is 0 Å². The summed E-state index contributed by atoms with van der Waals surface area (Å²) in [6, 6.07) is 14.0. The minimum atomic E-state index is -0.183. The van der Waals surface area contributed by atoms with Crippen LogP contribution in [0.5, 0.6) is 0 Å².